The molecule has 0 atom stereocenters. The van der Waals surface area contributed by atoms with Crippen LogP contribution >= 0.6 is 0 Å². The van der Waals surface area contributed by atoms with Crippen LogP contribution in [-0.2, 0) is 4.74 Å². The summed E-state index contributed by atoms with van der Waals surface area (Å²) in [5.74, 6) is 0.831. The van der Waals surface area contributed by atoms with Gasteiger partial charge in [0, 0.05) is 12.5 Å². The number of nitrogens with one attached hydrogen (secondary N) is 1. The van der Waals surface area contributed by atoms with Gasteiger partial charge < -0.3 is 4.74 Å². The Morgan fingerprint density at radius 1 is 1.26 bits per heavy atom. The van der Waals surface area contributed by atoms with Crippen molar-refractivity contribution in [3.05, 3.63) is 50.3 Å². The van der Waals surface area contributed by atoms with E-state index < -0.39 is 15.5 Å². The first-order valence-electron chi connectivity index (χ1n) is 7.10. The van der Waals surface area contributed by atoms with Gasteiger partial charge in [0.2, 0.25) is 0 Å². The SMILES string of the molecule is CCOC1=CC(=NNc2ccc([N+](=O)[O-])cc2[N+](=O)[O-])CCC1. The van der Waals surface area contributed by atoms with E-state index in [0.29, 0.717) is 12.3 Å². The molecule has 0 bridgehead atoms. The summed E-state index contributed by atoms with van der Waals surface area (Å²) in [7, 11) is 0. The Morgan fingerprint density at radius 2 is 2.04 bits per heavy atom. The third-order valence-corrected chi connectivity index (χ3v) is 3.22. The molecule has 23 heavy (non-hydrogen) atoms. The van der Waals surface area contributed by atoms with Crippen molar-refractivity contribution in [1.82, 2.24) is 0 Å². The van der Waals surface area contributed by atoms with Crippen LogP contribution < -0.4 is 5.43 Å². The van der Waals surface area contributed by atoms with Crippen LogP contribution in [0, 0.1) is 20.2 Å². The van der Waals surface area contributed by atoms with Gasteiger partial charge in [-0.2, -0.15) is 5.10 Å². The van der Waals surface area contributed by atoms with Crippen LogP contribution in [0.1, 0.15) is 26.2 Å². The largest absolute Gasteiger partial charge is 0.498 e. The van der Waals surface area contributed by atoms with Crippen molar-refractivity contribution in [1.29, 1.82) is 0 Å². The maximum absolute atomic E-state index is 11.0. The minimum Gasteiger partial charge on any atom is -0.498 e. The maximum Gasteiger partial charge on any atom is 0.301 e. The predicted molar refractivity (Wildman–Crippen MR) is 84.4 cm³/mol. The molecular weight excluding hydrogens is 304 g/mol. The second-order valence-electron chi connectivity index (χ2n) is 4.83. The van der Waals surface area contributed by atoms with Gasteiger partial charge in [-0.25, -0.2) is 0 Å². The first-order valence-corrected chi connectivity index (χ1v) is 7.10. The number of hydrazone groups is 1. The fraction of sp³-hybridized carbons (Fsp3) is 0.357. The van der Waals surface area contributed by atoms with Crippen molar-refractivity contribution in [3.8, 4) is 0 Å². The van der Waals surface area contributed by atoms with Crippen LogP contribution in [0.2, 0.25) is 0 Å². The van der Waals surface area contributed by atoms with Crippen molar-refractivity contribution in [3.63, 3.8) is 0 Å². The average Bonchev–Trinajstić information content (AvgIpc) is 2.53. The van der Waals surface area contributed by atoms with Gasteiger partial charge in [0.15, 0.2) is 0 Å². The van der Waals surface area contributed by atoms with Crippen molar-refractivity contribution in [2.24, 2.45) is 5.10 Å². The molecule has 9 heteroatoms. The molecule has 0 unspecified atom stereocenters. The highest BCUT2D eigenvalue weighted by molar-refractivity contribution is 5.96. The summed E-state index contributed by atoms with van der Waals surface area (Å²) in [6.07, 6.45) is 4.25. The van der Waals surface area contributed by atoms with E-state index in [1.807, 2.05) is 6.92 Å². The molecule has 1 aromatic rings. The number of benzene rings is 1. The number of hydrogen-bond acceptors (Lipinski definition) is 7. The van der Waals surface area contributed by atoms with E-state index in [-0.39, 0.29) is 11.4 Å². The normalized spacial score (nSPS) is 15.9. The van der Waals surface area contributed by atoms with Crippen LogP contribution in [-0.4, -0.2) is 22.2 Å². The quantitative estimate of drug-likeness (QED) is 0.633. The Hall–Kier alpha value is -2.97. The third kappa shape index (κ3) is 4.25. The lowest BCUT2D eigenvalue weighted by Gasteiger charge is -2.14. The van der Waals surface area contributed by atoms with E-state index in [2.05, 4.69) is 10.5 Å². The monoisotopic (exact) mass is 320 g/mol. The number of nitro benzene ring substituents is 2. The number of nitro groups is 2. The van der Waals surface area contributed by atoms with E-state index in [1.165, 1.54) is 12.1 Å². The smallest absolute Gasteiger partial charge is 0.301 e. The maximum atomic E-state index is 11.0. The van der Waals surface area contributed by atoms with Crippen LogP contribution in [0.15, 0.2) is 35.1 Å². The first-order chi connectivity index (χ1) is 11.0. The van der Waals surface area contributed by atoms with E-state index in [1.54, 1.807) is 6.08 Å². The standard InChI is InChI=1S/C14H16N4O5/c1-2-23-12-5-3-4-10(8-12)15-16-13-7-6-11(17(19)20)9-14(13)18(21)22/h6-9,16H,2-5H2,1H3. The van der Waals surface area contributed by atoms with Crippen molar-refractivity contribution >= 4 is 22.8 Å². The van der Waals surface area contributed by atoms with Crippen LogP contribution in [0.4, 0.5) is 17.1 Å². The summed E-state index contributed by atoms with van der Waals surface area (Å²) < 4.78 is 5.44. The molecule has 0 saturated carbocycles. The molecule has 1 aromatic carbocycles. The molecule has 0 heterocycles. The zero-order chi connectivity index (χ0) is 16.8. The summed E-state index contributed by atoms with van der Waals surface area (Å²) in [4.78, 5) is 20.4. The van der Waals surface area contributed by atoms with Gasteiger partial charge in [0.25, 0.3) is 5.69 Å². The number of ether oxygens (including phenoxy) is 1. The Balaban J connectivity index is 2.22. The third-order valence-electron chi connectivity index (χ3n) is 3.22. The number of nitrogens with zero attached hydrogens (tertiary/aromatic N) is 3. The van der Waals surface area contributed by atoms with E-state index in [0.717, 1.165) is 31.1 Å². The van der Waals surface area contributed by atoms with Crippen LogP contribution in [0.25, 0.3) is 0 Å². The number of rotatable bonds is 6. The molecule has 1 aliphatic carbocycles. The molecule has 0 saturated heterocycles. The molecule has 122 valence electrons. The molecule has 0 fully saturated rings. The predicted octanol–water partition coefficient (Wildman–Crippen LogP) is 3.38. The van der Waals surface area contributed by atoms with Gasteiger partial charge in [-0.3, -0.25) is 25.7 Å². The van der Waals surface area contributed by atoms with Crippen LogP contribution in [0.5, 0.6) is 0 Å². The van der Waals surface area contributed by atoms with Gasteiger partial charge in [-0.1, -0.05) is 0 Å². The van der Waals surface area contributed by atoms with Gasteiger partial charge in [0.05, 0.1) is 34.0 Å². The van der Waals surface area contributed by atoms with Gasteiger partial charge >= 0.3 is 5.69 Å². The topological polar surface area (TPSA) is 120 Å². The van der Waals surface area contributed by atoms with Crippen molar-refractivity contribution in [2.45, 2.75) is 26.2 Å². The molecule has 0 aliphatic heterocycles. The average molecular weight is 320 g/mol. The Labute approximate surface area is 131 Å². The lowest BCUT2D eigenvalue weighted by Crippen LogP contribution is -2.08. The molecule has 1 aliphatic rings. The molecule has 2 rings (SSSR count). The number of allylic oxidation sites excluding steroid dienone is 2. The molecule has 0 aromatic heterocycles. The summed E-state index contributed by atoms with van der Waals surface area (Å²) in [5, 5.41) is 25.9. The molecule has 0 radical (unpaired) electrons. The number of hydrogen-bond donors (Lipinski definition) is 1. The van der Waals surface area contributed by atoms with Crippen LogP contribution in [0.3, 0.4) is 0 Å². The number of anilines is 1. The van der Waals surface area contributed by atoms with Gasteiger partial charge in [0.1, 0.15) is 5.69 Å². The van der Waals surface area contributed by atoms with Crippen molar-refractivity contribution in [2.75, 3.05) is 12.0 Å². The molecule has 0 amide bonds. The second-order valence-corrected chi connectivity index (χ2v) is 4.83. The van der Waals surface area contributed by atoms with Crippen molar-refractivity contribution < 1.29 is 14.6 Å². The summed E-state index contributed by atoms with van der Waals surface area (Å²) in [6, 6.07) is 3.37. The zero-order valence-corrected chi connectivity index (χ0v) is 12.5. The van der Waals surface area contributed by atoms with E-state index in [9.17, 15) is 20.2 Å². The highest BCUT2D eigenvalue weighted by Gasteiger charge is 2.19. The minimum atomic E-state index is -0.683. The summed E-state index contributed by atoms with van der Waals surface area (Å²) in [5.41, 5.74) is 2.70. The minimum absolute atomic E-state index is 0.102. The molecule has 1 N–H and O–H groups in total. The zero-order valence-electron chi connectivity index (χ0n) is 12.5. The number of non-ortho nitro benzene ring substituents is 1. The fourth-order valence-corrected chi connectivity index (χ4v) is 2.17. The lowest BCUT2D eigenvalue weighted by molar-refractivity contribution is -0.393. The van der Waals surface area contributed by atoms with Gasteiger partial charge in [-0.05, 0) is 31.9 Å². The van der Waals surface area contributed by atoms with Gasteiger partial charge in [-0.15, -0.1) is 0 Å². The second kappa shape index (κ2) is 7.34. The first kappa shape index (κ1) is 16.4. The Morgan fingerprint density at radius 3 is 2.70 bits per heavy atom. The fourth-order valence-electron chi connectivity index (χ4n) is 2.17. The molecule has 9 nitrogen and oxygen atoms in total. The Bertz CT molecular complexity index is 684. The summed E-state index contributed by atoms with van der Waals surface area (Å²) in [6.45, 7) is 2.46. The molecule has 0 spiro atoms. The van der Waals surface area contributed by atoms with E-state index in [4.69, 9.17) is 4.74 Å². The molecular formula is C14H16N4O5. The lowest BCUT2D eigenvalue weighted by atomic mass is 10.0. The summed E-state index contributed by atoms with van der Waals surface area (Å²) >= 11 is 0. The highest BCUT2D eigenvalue weighted by Crippen LogP contribution is 2.29. The Kier molecular flexibility index (Phi) is 5.23. The van der Waals surface area contributed by atoms with E-state index >= 15 is 0 Å². The highest BCUT2D eigenvalue weighted by atomic mass is 16.6.